The van der Waals surface area contributed by atoms with Gasteiger partial charge < -0.3 is 4.90 Å². The molecule has 1 amide bonds. The Hall–Kier alpha value is -2.97. The van der Waals surface area contributed by atoms with Crippen LogP contribution in [-0.2, 0) is 4.79 Å². The summed E-state index contributed by atoms with van der Waals surface area (Å²) in [5.41, 5.74) is 2.63. The number of hydrogen-bond acceptors (Lipinski definition) is 6. The molecule has 1 saturated heterocycles. The third-order valence-corrected chi connectivity index (χ3v) is 6.59. The maximum absolute atomic E-state index is 13.3. The molecule has 0 aliphatic carbocycles. The lowest BCUT2D eigenvalue weighted by Crippen LogP contribution is -2.31. The lowest BCUT2D eigenvalue weighted by molar-refractivity contribution is -0.123. The van der Waals surface area contributed by atoms with Crippen LogP contribution in [0.1, 0.15) is 29.7 Å². The maximum atomic E-state index is 13.3. The molecule has 1 aliphatic rings. The van der Waals surface area contributed by atoms with Crippen molar-refractivity contribution in [1.82, 2.24) is 14.3 Å². The van der Waals surface area contributed by atoms with Crippen LogP contribution in [0.25, 0.3) is 11.7 Å². The minimum Gasteiger partial charge on any atom is -0.362 e. The Morgan fingerprint density at radius 1 is 1.13 bits per heavy atom. The summed E-state index contributed by atoms with van der Waals surface area (Å²) in [6.45, 7) is 3.86. The van der Waals surface area contributed by atoms with Gasteiger partial charge in [-0.05, 0) is 37.1 Å². The normalized spacial score (nSPS) is 16.4. The van der Waals surface area contributed by atoms with Crippen molar-refractivity contribution in [1.29, 1.82) is 0 Å². The van der Waals surface area contributed by atoms with Gasteiger partial charge in [0, 0.05) is 20.3 Å². The van der Waals surface area contributed by atoms with E-state index in [0.717, 1.165) is 11.1 Å². The van der Waals surface area contributed by atoms with Crippen LogP contribution >= 0.6 is 24.0 Å². The monoisotopic (exact) mass is 450 g/mol. The highest BCUT2D eigenvalue weighted by Crippen LogP contribution is 2.38. The number of benzene rings is 1. The first kappa shape index (κ1) is 21.3. The van der Waals surface area contributed by atoms with Crippen molar-refractivity contribution in [3.63, 3.8) is 0 Å². The van der Waals surface area contributed by atoms with Gasteiger partial charge in [0.15, 0.2) is 0 Å². The van der Waals surface area contributed by atoms with Gasteiger partial charge in [-0.3, -0.25) is 18.9 Å². The van der Waals surface area contributed by atoms with E-state index in [4.69, 9.17) is 17.2 Å². The number of thiocarbonyl (C=S) groups is 1. The fourth-order valence-corrected chi connectivity index (χ4v) is 4.99. The van der Waals surface area contributed by atoms with Crippen LogP contribution in [-0.4, -0.2) is 38.6 Å². The molecular formula is C23H22N4O2S2. The molecule has 0 spiro atoms. The summed E-state index contributed by atoms with van der Waals surface area (Å²) >= 11 is 6.73. The first-order valence-corrected chi connectivity index (χ1v) is 11.0. The summed E-state index contributed by atoms with van der Waals surface area (Å²) in [6.07, 6.45) is 3.31. The van der Waals surface area contributed by atoms with Crippen LogP contribution in [0.5, 0.6) is 0 Å². The van der Waals surface area contributed by atoms with Crippen LogP contribution in [0.3, 0.4) is 0 Å². The molecule has 1 aromatic carbocycles. The predicted octanol–water partition coefficient (Wildman–Crippen LogP) is 4.03. The van der Waals surface area contributed by atoms with E-state index >= 15 is 0 Å². The second-order valence-corrected chi connectivity index (χ2v) is 9.25. The number of aryl methyl sites for hydroxylation is 1. The molecule has 0 N–H and O–H groups in total. The zero-order chi connectivity index (χ0) is 22.3. The van der Waals surface area contributed by atoms with Crippen LogP contribution in [0, 0.1) is 6.92 Å². The molecule has 0 bridgehead atoms. The van der Waals surface area contributed by atoms with E-state index in [9.17, 15) is 9.59 Å². The molecular weight excluding hydrogens is 428 g/mol. The highest BCUT2D eigenvalue weighted by atomic mass is 32.2. The van der Waals surface area contributed by atoms with Gasteiger partial charge in [-0.1, -0.05) is 60.4 Å². The summed E-state index contributed by atoms with van der Waals surface area (Å²) in [7, 11) is 3.66. The van der Waals surface area contributed by atoms with Gasteiger partial charge in [0.25, 0.3) is 11.5 Å². The van der Waals surface area contributed by atoms with E-state index in [2.05, 4.69) is 0 Å². The number of aromatic nitrogens is 2. The average Bonchev–Trinajstić information content (AvgIpc) is 3.03. The number of anilines is 1. The lowest BCUT2D eigenvalue weighted by atomic mass is 10.1. The van der Waals surface area contributed by atoms with Crippen molar-refractivity contribution in [2.45, 2.75) is 19.9 Å². The number of nitrogens with zero attached hydrogens (tertiary/aromatic N) is 4. The Kier molecular flexibility index (Phi) is 5.68. The van der Waals surface area contributed by atoms with Crippen molar-refractivity contribution in [2.75, 3.05) is 19.0 Å². The third kappa shape index (κ3) is 3.77. The number of rotatable bonds is 4. The Bertz CT molecular complexity index is 1280. The molecule has 1 fully saturated rings. The summed E-state index contributed by atoms with van der Waals surface area (Å²) in [5.74, 6) is 0.311. The Morgan fingerprint density at radius 2 is 1.84 bits per heavy atom. The molecule has 31 heavy (non-hydrogen) atoms. The number of fused-ring (bicyclic) bond motifs is 1. The number of thioether (sulfide) groups is 1. The molecule has 2 aromatic heterocycles. The van der Waals surface area contributed by atoms with Gasteiger partial charge in [0.1, 0.15) is 15.8 Å². The molecule has 6 nitrogen and oxygen atoms in total. The average molecular weight is 451 g/mol. The summed E-state index contributed by atoms with van der Waals surface area (Å²) < 4.78 is 1.99. The van der Waals surface area contributed by atoms with E-state index < -0.39 is 0 Å². The maximum Gasteiger partial charge on any atom is 0.267 e. The Morgan fingerprint density at radius 3 is 2.52 bits per heavy atom. The van der Waals surface area contributed by atoms with Crippen LogP contribution in [0.15, 0.2) is 58.4 Å². The van der Waals surface area contributed by atoms with Crippen molar-refractivity contribution in [3.8, 4) is 0 Å². The van der Waals surface area contributed by atoms with Gasteiger partial charge in [-0.15, -0.1) is 0 Å². The molecule has 1 atom stereocenters. The van der Waals surface area contributed by atoms with Gasteiger partial charge in [-0.2, -0.15) is 0 Å². The highest BCUT2D eigenvalue weighted by molar-refractivity contribution is 8.26. The molecule has 158 valence electrons. The Labute approximate surface area is 190 Å². The lowest BCUT2D eigenvalue weighted by Gasteiger charge is -2.23. The smallest absolute Gasteiger partial charge is 0.267 e. The van der Waals surface area contributed by atoms with E-state index in [1.54, 1.807) is 22.1 Å². The molecule has 3 heterocycles. The van der Waals surface area contributed by atoms with Crippen molar-refractivity contribution in [3.05, 3.63) is 80.6 Å². The SMILES string of the molecule is Cc1cccn2c(=O)c(/C=C3/SC(=S)N([C@H](C)c4ccccc4)C3=O)c(N(C)C)nc12. The van der Waals surface area contributed by atoms with Crippen molar-refractivity contribution in [2.24, 2.45) is 0 Å². The van der Waals surface area contributed by atoms with Crippen LogP contribution < -0.4 is 10.5 Å². The molecule has 4 rings (SSSR count). The number of pyridine rings is 1. The second kappa shape index (κ2) is 8.28. The zero-order valence-corrected chi connectivity index (χ0v) is 19.3. The zero-order valence-electron chi connectivity index (χ0n) is 17.7. The van der Waals surface area contributed by atoms with Crippen LogP contribution in [0.2, 0.25) is 0 Å². The summed E-state index contributed by atoms with van der Waals surface area (Å²) in [5, 5.41) is 0. The van der Waals surface area contributed by atoms with E-state index in [1.165, 1.54) is 16.2 Å². The molecule has 0 radical (unpaired) electrons. The standard InChI is InChI=1S/C23H22N4O2S2/c1-14-9-8-12-26-19(14)24-20(25(3)4)17(21(26)28)13-18-22(29)27(23(30)31-18)15(2)16-10-6-5-7-11-16/h5-13,15H,1-4H3/b18-13+/t15-/m1/s1. The molecule has 8 heteroatoms. The fourth-order valence-electron chi connectivity index (χ4n) is 3.59. The van der Waals surface area contributed by atoms with E-state index in [0.29, 0.717) is 26.3 Å². The van der Waals surface area contributed by atoms with E-state index in [-0.39, 0.29) is 17.5 Å². The predicted molar refractivity (Wildman–Crippen MR) is 130 cm³/mol. The van der Waals surface area contributed by atoms with Gasteiger partial charge in [-0.25, -0.2) is 4.98 Å². The van der Waals surface area contributed by atoms with Gasteiger partial charge >= 0.3 is 0 Å². The van der Waals surface area contributed by atoms with Gasteiger partial charge in [0.05, 0.1) is 16.5 Å². The molecule has 1 aliphatic heterocycles. The third-order valence-electron chi connectivity index (χ3n) is 5.26. The summed E-state index contributed by atoms with van der Waals surface area (Å²) in [4.78, 5) is 35.1. The van der Waals surface area contributed by atoms with E-state index in [1.807, 2.05) is 70.4 Å². The number of amides is 1. The van der Waals surface area contributed by atoms with Gasteiger partial charge in [0.2, 0.25) is 0 Å². The molecule has 0 unspecified atom stereocenters. The summed E-state index contributed by atoms with van der Waals surface area (Å²) in [6, 6.07) is 13.3. The largest absolute Gasteiger partial charge is 0.362 e. The minimum absolute atomic E-state index is 0.202. The Balaban J connectivity index is 1.81. The molecule has 3 aromatic rings. The van der Waals surface area contributed by atoms with Crippen LogP contribution in [0.4, 0.5) is 5.82 Å². The first-order valence-electron chi connectivity index (χ1n) is 9.81. The fraction of sp³-hybridized carbons (Fsp3) is 0.217. The number of carbonyl (C=O) groups excluding carboxylic acids is 1. The second-order valence-electron chi connectivity index (χ2n) is 7.57. The topological polar surface area (TPSA) is 57.9 Å². The molecule has 0 saturated carbocycles. The number of carbonyl (C=O) groups is 1. The first-order chi connectivity index (χ1) is 14.8. The van der Waals surface area contributed by atoms with Crippen molar-refractivity contribution < 1.29 is 4.79 Å². The minimum atomic E-state index is -0.223. The number of hydrogen-bond donors (Lipinski definition) is 0. The highest BCUT2D eigenvalue weighted by Gasteiger charge is 2.36. The van der Waals surface area contributed by atoms with Crippen molar-refractivity contribution >= 4 is 51.7 Å². The quantitative estimate of drug-likeness (QED) is 0.442.